The number of aromatic nitrogens is 3. The molecule has 0 saturated heterocycles. The fourth-order valence-corrected chi connectivity index (χ4v) is 2.15. The van der Waals surface area contributed by atoms with Crippen molar-refractivity contribution in [1.82, 2.24) is 20.0 Å². The van der Waals surface area contributed by atoms with Crippen LogP contribution >= 0.6 is 0 Å². The van der Waals surface area contributed by atoms with Crippen LogP contribution in [0.4, 0.5) is 0 Å². The van der Waals surface area contributed by atoms with E-state index in [-0.39, 0.29) is 5.91 Å². The molecule has 2 rings (SSSR count). The van der Waals surface area contributed by atoms with Crippen molar-refractivity contribution in [3.8, 4) is 0 Å². The standard InChI is InChI=1S/C16H22N4O2/c1-3-6-14-18-15(22-19-14)8-4-9-16(21)20(2)12-13-7-5-10-17-11-13/h5,7,10-11H,3-4,6,8-9,12H2,1-2H3. The third kappa shape index (κ3) is 4.95. The fourth-order valence-electron chi connectivity index (χ4n) is 2.15. The topological polar surface area (TPSA) is 72.1 Å². The SMILES string of the molecule is CCCc1noc(CCCC(=O)N(C)Cc2cccnc2)n1. The van der Waals surface area contributed by atoms with Crippen LogP contribution < -0.4 is 0 Å². The number of aryl methyl sites for hydroxylation is 2. The monoisotopic (exact) mass is 302 g/mol. The minimum Gasteiger partial charge on any atom is -0.341 e. The predicted octanol–water partition coefficient (Wildman–Crippen LogP) is 2.40. The van der Waals surface area contributed by atoms with Gasteiger partial charge in [-0.25, -0.2) is 0 Å². The molecule has 0 radical (unpaired) electrons. The Morgan fingerprint density at radius 1 is 1.36 bits per heavy atom. The third-order valence-corrected chi connectivity index (χ3v) is 3.33. The number of hydrogen-bond acceptors (Lipinski definition) is 5. The zero-order valence-electron chi connectivity index (χ0n) is 13.2. The number of carbonyl (C=O) groups excluding carboxylic acids is 1. The number of nitrogens with zero attached hydrogens (tertiary/aromatic N) is 4. The van der Waals surface area contributed by atoms with Crippen LogP contribution in [0.2, 0.25) is 0 Å². The Balaban J connectivity index is 1.72. The minimum absolute atomic E-state index is 0.108. The lowest BCUT2D eigenvalue weighted by molar-refractivity contribution is -0.130. The van der Waals surface area contributed by atoms with Crippen molar-refractivity contribution >= 4 is 5.91 Å². The molecule has 2 aromatic rings. The van der Waals surface area contributed by atoms with E-state index in [1.807, 2.05) is 12.1 Å². The quantitative estimate of drug-likeness (QED) is 0.748. The second-order valence-corrected chi connectivity index (χ2v) is 5.32. The molecule has 0 aromatic carbocycles. The Kier molecular flexibility index (Phi) is 6.06. The van der Waals surface area contributed by atoms with E-state index < -0.39 is 0 Å². The van der Waals surface area contributed by atoms with Crippen LogP contribution in [0.3, 0.4) is 0 Å². The van der Waals surface area contributed by atoms with E-state index in [1.165, 1.54) is 0 Å². The Labute approximate surface area is 130 Å². The van der Waals surface area contributed by atoms with Gasteiger partial charge in [-0.1, -0.05) is 18.1 Å². The van der Waals surface area contributed by atoms with Gasteiger partial charge >= 0.3 is 0 Å². The van der Waals surface area contributed by atoms with Crippen LogP contribution in [0.25, 0.3) is 0 Å². The van der Waals surface area contributed by atoms with E-state index in [1.54, 1.807) is 24.3 Å². The van der Waals surface area contributed by atoms with Gasteiger partial charge in [-0.05, 0) is 24.5 Å². The van der Waals surface area contributed by atoms with Crippen molar-refractivity contribution in [1.29, 1.82) is 0 Å². The van der Waals surface area contributed by atoms with Crippen molar-refractivity contribution in [2.45, 2.75) is 45.6 Å². The average molecular weight is 302 g/mol. The lowest BCUT2D eigenvalue weighted by Gasteiger charge is -2.16. The number of hydrogen-bond donors (Lipinski definition) is 0. The van der Waals surface area contributed by atoms with Crippen molar-refractivity contribution in [2.24, 2.45) is 0 Å². The maximum atomic E-state index is 12.1. The zero-order chi connectivity index (χ0) is 15.8. The van der Waals surface area contributed by atoms with E-state index in [9.17, 15) is 4.79 Å². The summed E-state index contributed by atoms with van der Waals surface area (Å²) in [6, 6.07) is 3.83. The van der Waals surface area contributed by atoms with Crippen molar-refractivity contribution < 1.29 is 9.32 Å². The number of pyridine rings is 1. The van der Waals surface area contributed by atoms with E-state index in [0.29, 0.717) is 31.7 Å². The maximum absolute atomic E-state index is 12.1. The summed E-state index contributed by atoms with van der Waals surface area (Å²) in [6.45, 7) is 2.65. The van der Waals surface area contributed by atoms with Gasteiger partial charge in [0.15, 0.2) is 5.82 Å². The minimum atomic E-state index is 0.108. The molecule has 2 heterocycles. The summed E-state index contributed by atoms with van der Waals surface area (Å²) in [5, 5.41) is 3.91. The van der Waals surface area contributed by atoms with E-state index in [2.05, 4.69) is 22.0 Å². The molecular weight excluding hydrogens is 280 g/mol. The molecule has 0 aliphatic rings. The summed E-state index contributed by atoms with van der Waals surface area (Å²) in [5.41, 5.74) is 1.03. The van der Waals surface area contributed by atoms with Gasteiger partial charge in [0.05, 0.1) is 0 Å². The highest BCUT2D eigenvalue weighted by molar-refractivity contribution is 5.75. The average Bonchev–Trinajstić information content (AvgIpc) is 2.96. The maximum Gasteiger partial charge on any atom is 0.226 e. The molecule has 0 unspecified atom stereocenters. The molecule has 0 atom stereocenters. The van der Waals surface area contributed by atoms with Gasteiger partial charge in [0.1, 0.15) is 0 Å². The van der Waals surface area contributed by atoms with E-state index in [4.69, 9.17) is 4.52 Å². The highest BCUT2D eigenvalue weighted by atomic mass is 16.5. The molecular formula is C16H22N4O2. The van der Waals surface area contributed by atoms with Gasteiger partial charge in [-0.2, -0.15) is 4.98 Å². The molecule has 6 heteroatoms. The summed E-state index contributed by atoms with van der Waals surface area (Å²) >= 11 is 0. The van der Waals surface area contributed by atoms with Crippen molar-refractivity contribution in [3.63, 3.8) is 0 Å². The van der Waals surface area contributed by atoms with Crippen molar-refractivity contribution in [3.05, 3.63) is 41.8 Å². The Hall–Kier alpha value is -2.24. The summed E-state index contributed by atoms with van der Waals surface area (Å²) in [6.07, 6.45) is 7.16. The third-order valence-electron chi connectivity index (χ3n) is 3.33. The second kappa shape index (κ2) is 8.26. The summed E-state index contributed by atoms with van der Waals surface area (Å²) in [4.78, 5) is 22.1. The first kappa shape index (κ1) is 16.1. The first-order chi connectivity index (χ1) is 10.7. The fraction of sp³-hybridized carbons (Fsp3) is 0.500. The molecule has 0 fully saturated rings. The van der Waals surface area contributed by atoms with E-state index in [0.717, 1.165) is 24.2 Å². The molecule has 22 heavy (non-hydrogen) atoms. The highest BCUT2D eigenvalue weighted by Crippen LogP contribution is 2.08. The lowest BCUT2D eigenvalue weighted by atomic mass is 10.2. The Morgan fingerprint density at radius 3 is 2.95 bits per heavy atom. The van der Waals surface area contributed by atoms with Gasteiger partial charge in [-0.3, -0.25) is 9.78 Å². The molecule has 0 bridgehead atoms. The van der Waals surface area contributed by atoms with E-state index >= 15 is 0 Å². The molecule has 0 aliphatic heterocycles. The van der Waals surface area contributed by atoms with Gasteiger partial charge < -0.3 is 9.42 Å². The van der Waals surface area contributed by atoms with Crippen LogP contribution in [-0.4, -0.2) is 33.0 Å². The molecule has 0 N–H and O–H groups in total. The Bertz CT molecular complexity index is 583. The molecule has 118 valence electrons. The van der Waals surface area contributed by atoms with Crippen LogP contribution in [0.1, 0.15) is 43.5 Å². The normalized spacial score (nSPS) is 10.6. The molecule has 2 aromatic heterocycles. The summed E-state index contributed by atoms with van der Waals surface area (Å²) < 4.78 is 5.16. The summed E-state index contributed by atoms with van der Waals surface area (Å²) in [7, 11) is 1.81. The number of rotatable bonds is 8. The van der Waals surface area contributed by atoms with Crippen molar-refractivity contribution in [2.75, 3.05) is 7.05 Å². The molecule has 6 nitrogen and oxygen atoms in total. The molecule has 0 spiro atoms. The van der Waals surface area contributed by atoms with Gasteiger partial charge in [-0.15, -0.1) is 0 Å². The molecule has 0 saturated carbocycles. The first-order valence-corrected chi connectivity index (χ1v) is 7.63. The molecule has 0 aliphatic carbocycles. The number of amides is 1. The highest BCUT2D eigenvalue weighted by Gasteiger charge is 2.11. The summed E-state index contributed by atoms with van der Waals surface area (Å²) in [5.74, 6) is 1.47. The Morgan fingerprint density at radius 2 is 2.23 bits per heavy atom. The van der Waals surface area contributed by atoms with Crippen LogP contribution in [0.15, 0.2) is 29.0 Å². The second-order valence-electron chi connectivity index (χ2n) is 5.32. The van der Waals surface area contributed by atoms with Gasteiger partial charge in [0.2, 0.25) is 11.8 Å². The first-order valence-electron chi connectivity index (χ1n) is 7.63. The predicted molar refractivity (Wildman–Crippen MR) is 81.9 cm³/mol. The van der Waals surface area contributed by atoms with Gasteiger partial charge in [0.25, 0.3) is 0 Å². The van der Waals surface area contributed by atoms with Crippen LogP contribution in [-0.2, 0) is 24.2 Å². The van der Waals surface area contributed by atoms with Crippen LogP contribution in [0, 0.1) is 0 Å². The lowest BCUT2D eigenvalue weighted by Crippen LogP contribution is -2.26. The van der Waals surface area contributed by atoms with Gasteiger partial charge in [0, 0.05) is 45.2 Å². The van der Waals surface area contributed by atoms with Crippen LogP contribution in [0.5, 0.6) is 0 Å². The smallest absolute Gasteiger partial charge is 0.226 e. The largest absolute Gasteiger partial charge is 0.341 e. The molecule has 1 amide bonds. The number of carbonyl (C=O) groups is 1. The zero-order valence-corrected chi connectivity index (χ0v) is 13.2.